The number of aromatic amines is 1. The van der Waals surface area contributed by atoms with Crippen LogP contribution in [0.3, 0.4) is 0 Å². The second-order valence-electron chi connectivity index (χ2n) is 4.71. The number of fused-ring (bicyclic) bond motifs is 1. The number of rotatable bonds is 2. The predicted octanol–water partition coefficient (Wildman–Crippen LogP) is 4.03. The smallest absolute Gasteiger partial charge is 0.255 e. The normalized spacial score (nSPS) is 10.8. The van der Waals surface area contributed by atoms with E-state index in [0.29, 0.717) is 21.3 Å². The molecule has 0 bridgehead atoms. The quantitative estimate of drug-likeness (QED) is 0.735. The maximum absolute atomic E-state index is 13.4. The first-order valence-corrected chi connectivity index (χ1v) is 7.04. The standard InChI is InChI=1S/C15H11BrFN3O/c1-8-4-12(17)11(16)6-13(8)19-15(21)9-2-3-10-7-18-20-14(10)5-9/h2-7H,1H3,(H,18,20)(H,19,21). The van der Waals surface area contributed by atoms with Gasteiger partial charge in [-0.15, -0.1) is 0 Å². The molecule has 0 saturated heterocycles. The first-order chi connectivity index (χ1) is 10.0. The fourth-order valence-electron chi connectivity index (χ4n) is 2.05. The van der Waals surface area contributed by atoms with Gasteiger partial charge in [0, 0.05) is 16.6 Å². The molecule has 1 heterocycles. The number of amides is 1. The first kappa shape index (κ1) is 13.8. The zero-order valence-electron chi connectivity index (χ0n) is 11.1. The first-order valence-electron chi connectivity index (χ1n) is 6.25. The van der Waals surface area contributed by atoms with Crippen LogP contribution in [0.25, 0.3) is 10.9 Å². The van der Waals surface area contributed by atoms with E-state index < -0.39 is 0 Å². The van der Waals surface area contributed by atoms with Gasteiger partial charge in [-0.3, -0.25) is 9.89 Å². The summed E-state index contributed by atoms with van der Waals surface area (Å²) < 4.78 is 13.7. The average molecular weight is 348 g/mol. The Balaban J connectivity index is 1.90. The van der Waals surface area contributed by atoms with E-state index in [1.54, 1.807) is 31.3 Å². The van der Waals surface area contributed by atoms with Gasteiger partial charge in [0.2, 0.25) is 0 Å². The summed E-state index contributed by atoms with van der Waals surface area (Å²) in [7, 11) is 0. The van der Waals surface area contributed by atoms with E-state index >= 15 is 0 Å². The summed E-state index contributed by atoms with van der Waals surface area (Å²) in [6, 6.07) is 8.20. The molecule has 0 atom stereocenters. The Bertz CT molecular complexity index is 844. The van der Waals surface area contributed by atoms with Crippen molar-refractivity contribution in [2.45, 2.75) is 6.92 Å². The molecule has 0 fully saturated rings. The number of anilines is 1. The average Bonchev–Trinajstić information content (AvgIpc) is 2.92. The van der Waals surface area contributed by atoms with Gasteiger partial charge >= 0.3 is 0 Å². The maximum Gasteiger partial charge on any atom is 0.255 e. The third-order valence-electron chi connectivity index (χ3n) is 3.22. The Labute approximate surface area is 128 Å². The number of aromatic nitrogens is 2. The number of benzene rings is 2. The van der Waals surface area contributed by atoms with Gasteiger partial charge in [0.15, 0.2) is 0 Å². The Hall–Kier alpha value is -2.21. The van der Waals surface area contributed by atoms with Crippen molar-refractivity contribution >= 4 is 38.4 Å². The summed E-state index contributed by atoms with van der Waals surface area (Å²) in [4.78, 5) is 12.3. The van der Waals surface area contributed by atoms with Crippen molar-refractivity contribution in [2.75, 3.05) is 5.32 Å². The molecule has 6 heteroatoms. The summed E-state index contributed by atoms with van der Waals surface area (Å²) in [5.41, 5.74) is 2.52. The van der Waals surface area contributed by atoms with Crippen LogP contribution in [0, 0.1) is 12.7 Å². The lowest BCUT2D eigenvalue weighted by molar-refractivity contribution is 0.102. The molecule has 3 rings (SSSR count). The number of carbonyl (C=O) groups is 1. The number of nitrogens with one attached hydrogen (secondary N) is 2. The van der Waals surface area contributed by atoms with E-state index in [2.05, 4.69) is 31.4 Å². The van der Waals surface area contributed by atoms with Crippen LogP contribution in [0.1, 0.15) is 15.9 Å². The lowest BCUT2D eigenvalue weighted by atomic mass is 10.1. The minimum atomic E-state index is -0.357. The number of carbonyl (C=O) groups excluding carboxylic acids is 1. The number of nitrogens with zero attached hydrogens (tertiary/aromatic N) is 1. The van der Waals surface area contributed by atoms with Crippen molar-refractivity contribution in [3.05, 3.63) is 57.9 Å². The fourth-order valence-corrected chi connectivity index (χ4v) is 2.40. The molecule has 0 saturated carbocycles. The zero-order valence-corrected chi connectivity index (χ0v) is 12.7. The van der Waals surface area contributed by atoms with Crippen LogP contribution in [0.5, 0.6) is 0 Å². The van der Waals surface area contributed by atoms with E-state index in [0.717, 1.165) is 10.9 Å². The minimum absolute atomic E-state index is 0.256. The van der Waals surface area contributed by atoms with Gasteiger partial charge in [0.1, 0.15) is 5.82 Å². The molecule has 106 valence electrons. The Morgan fingerprint density at radius 2 is 2.14 bits per heavy atom. The van der Waals surface area contributed by atoms with E-state index in [9.17, 15) is 9.18 Å². The summed E-state index contributed by atoms with van der Waals surface area (Å²) in [5, 5.41) is 10.5. The largest absolute Gasteiger partial charge is 0.322 e. The topological polar surface area (TPSA) is 57.8 Å². The molecule has 4 nitrogen and oxygen atoms in total. The number of aryl methyl sites for hydroxylation is 1. The van der Waals surface area contributed by atoms with Crippen molar-refractivity contribution in [3.63, 3.8) is 0 Å². The third-order valence-corrected chi connectivity index (χ3v) is 3.83. The van der Waals surface area contributed by atoms with Crippen LogP contribution in [-0.4, -0.2) is 16.1 Å². The van der Waals surface area contributed by atoms with Crippen molar-refractivity contribution in [1.29, 1.82) is 0 Å². The zero-order chi connectivity index (χ0) is 15.0. The highest BCUT2D eigenvalue weighted by Crippen LogP contribution is 2.25. The highest BCUT2D eigenvalue weighted by molar-refractivity contribution is 9.10. The van der Waals surface area contributed by atoms with Crippen molar-refractivity contribution in [2.24, 2.45) is 0 Å². The predicted molar refractivity (Wildman–Crippen MR) is 82.9 cm³/mol. The molecular formula is C15H11BrFN3O. The van der Waals surface area contributed by atoms with E-state index in [4.69, 9.17) is 0 Å². The highest BCUT2D eigenvalue weighted by Gasteiger charge is 2.11. The van der Waals surface area contributed by atoms with Gasteiger partial charge in [0.05, 0.1) is 16.2 Å². The monoisotopic (exact) mass is 347 g/mol. The molecule has 0 unspecified atom stereocenters. The van der Waals surface area contributed by atoms with Gasteiger partial charge in [-0.05, 0) is 52.7 Å². The van der Waals surface area contributed by atoms with Gasteiger partial charge < -0.3 is 5.32 Å². The molecule has 0 spiro atoms. The molecule has 2 aromatic carbocycles. The lowest BCUT2D eigenvalue weighted by Crippen LogP contribution is -2.13. The molecule has 1 amide bonds. The minimum Gasteiger partial charge on any atom is -0.322 e. The maximum atomic E-state index is 13.4. The van der Waals surface area contributed by atoms with E-state index in [1.165, 1.54) is 6.07 Å². The SMILES string of the molecule is Cc1cc(F)c(Br)cc1NC(=O)c1ccc2cn[nH]c2c1. The number of halogens is 2. The van der Waals surface area contributed by atoms with Crippen LogP contribution in [-0.2, 0) is 0 Å². The second-order valence-corrected chi connectivity index (χ2v) is 5.56. The Morgan fingerprint density at radius 1 is 1.33 bits per heavy atom. The summed E-state index contributed by atoms with van der Waals surface area (Å²) in [6.07, 6.45) is 1.69. The van der Waals surface area contributed by atoms with E-state index in [1.807, 2.05) is 6.07 Å². The molecule has 0 aliphatic carbocycles. The molecule has 2 N–H and O–H groups in total. The van der Waals surface area contributed by atoms with Crippen molar-refractivity contribution in [1.82, 2.24) is 10.2 Å². The fraction of sp³-hybridized carbons (Fsp3) is 0.0667. The second kappa shape index (κ2) is 5.29. The lowest BCUT2D eigenvalue weighted by Gasteiger charge is -2.09. The molecule has 0 aliphatic rings. The van der Waals surface area contributed by atoms with Crippen molar-refractivity contribution in [3.8, 4) is 0 Å². The molecule has 0 radical (unpaired) electrons. The summed E-state index contributed by atoms with van der Waals surface area (Å²) >= 11 is 3.11. The van der Waals surface area contributed by atoms with Crippen LogP contribution in [0.15, 0.2) is 41.0 Å². The van der Waals surface area contributed by atoms with Crippen LogP contribution in [0.2, 0.25) is 0 Å². The number of H-pyrrole nitrogens is 1. The summed E-state index contributed by atoms with van der Waals surface area (Å²) in [5.74, 6) is -0.613. The molecule has 0 aliphatic heterocycles. The van der Waals surface area contributed by atoms with Gasteiger partial charge in [-0.1, -0.05) is 6.07 Å². The van der Waals surface area contributed by atoms with Crippen LogP contribution in [0.4, 0.5) is 10.1 Å². The van der Waals surface area contributed by atoms with Crippen molar-refractivity contribution < 1.29 is 9.18 Å². The van der Waals surface area contributed by atoms with Crippen LogP contribution >= 0.6 is 15.9 Å². The summed E-state index contributed by atoms with van der Waals surface area (Å²) in [6.45, 7) is 1.74. The third kappa shape index (κ3) is 2.67. The van der Waals surface area contributed by atoms with Gasteiger partial charge in [-0.25, -0.2) is 4.39 Å². The Kier molecular flexibility index (Phi) is 3.47. The van der Waals surface area contributed by atoms with Gasteiger partial charge in [0.25, 0.3) is 5.91 Å². The molecule has 21 heavy (non-hydrogen) atoms. The van der Waals surface area contributed by atoms with Gasteiger partial charge in [-0.2, -0.15) is 5.10 Å². The Morgan fingerprint density at radius 3 is 2.95 bits per heavy atom. The van der Waals surface area contributed by atoms with E-state index in [-0.39, 0.29) is 11.7 Å². The molecule has 3 aromatic rings. The highest BCUT2D eigenvalue weighted by atomic mass is 79.9. The number of hydrogen-bond acceptors (Lipinski definition) is 2. The molecular weight excluding hydrogens is 337 g/mol. The molecule has 1 aromatic heterocycles. The van der Waals surface area contributed by atoms with Crippen LogP contribution < -0.4 is 5.32 Å². The number of hydrogen-bond donors (Lipinski definition) is 2.